The molecule has 1 rings (SSSR count). The minimum Gasteiger partial charge on any atom is -0.202 e. The van der Waals surface area contributed by atoms with Gasteiger partial charge in [-0.3, -0.25) is 0 Å². The first-order chi connectivity index (χ1) is 6.18. The molecule has 0 saturated carbocycles. The van der Waals surface area contributed by atoms with Crippen LogP contribution in [0.1, 0.15) is 25.0 Å². The molecule has 13 heavy (non-hydrogen) atoms. The van der Waals surface area contributed by atoms with Gasteiger partial charge in [-0.2, -0.15) is 0 Å². The Morgan fingerprint density at radius 3 is 2.00 bits per heavy atom. The summed E-state index contributed by atoms with van der Waals surface area (Å²) in [5.41, 5.74) is 2.79. The van der Waals surface area contributed by atoms with Crippen molar-refractivity contribution in [1.82, 2.24) is 0 Å². The zero-order valence-electron chi connectivity index (χ0n) is 8.62. The standard InChI is InChI=1S/C11H16.CHN/c1-9(2)8-11-6-4-10(3)5-7-11;1-2/h4-7,9H,8H2,1-3H3;1H. The number of nitrogens with zero attached hydrogens (tertiary/aromatic N) is 1. The third kappa shape index (κ3) is 5.03. The van der Waals surface area contributed by atoms with Crippen LogP contribution in [-0.2, 0) is 6.42 Å². The van der Waals surface area contributed by atoms with E-state index in [4.69, 9.17) is 5.26 Å². The molecule has 0 aromatic heterocycles. The van der Waals surface area contributed by atoms with E-state index in [9.17, 15) is 0 Å². The molecule has 0 amide bonds. The van der Waals surface area contributed by atoms with E-state index in [0.717, 1.165) is 5.92 Å². The first kappa shape index (κ1) is 11.7. The van der Waals surface area contributed by atoms with Crippen LogP contribution in [-0.4, -0.2) is 0 Å². The Kier molecular flexibility index (Phi) is 5.63. The highest BCUT2D eigenvalue weighted by Gasteiger charge is 1.95. The summed E-state index contributed by atoms with van der Waals surface area (Å²) < 4.78 is 0. The lowest BCUT2D eigenvalue weighted by molar-refractivity contribution is 0.647. The van der Waals surface area contributed by atoms with Gasteiger partial charge in [-0.1, -0.05) is 43.7 Å². The van der Waals surface area contributed by atoms with E-state index in [2.05, 4.69) is 51.6 Å². The van der Waals surface area contributed by atoms with Gasteiger partial charge in [-0.15, -0.1) is 0 Å². The van der Waals surface area contributed by atoms with Gasteiger partial charge in [0.15, 0.2) is 0 Å². The van der Waals surface area contributed by atoms with Crippen molar-refractivity contribution in [3.8, 4) is 6.57 Å². The predicted molar refractivity (Wildman–Crippen MR) is 56.4 cm³/mol. The van der Waals surface area contributed by atoms with Crippen molar-refractivity contribution in [2.45, 2.75) is 27.2 Å². The van der Waals surface area contributed by atoms with Crippen LogP contribution in [0.4, 0.5) is 0 Å². The van der Waals surface area contributed by atoms with Crippen molar-refractivity contribution in [2.24, 2.45) is 5.92 Å². The SMILES string of the molecule is C#N.Cc1ccc(CC(C)C)cc1. The number of hydrogen-bond donors (Lipinski definition) is 0. The van der Waals surface area contributed by atoms with Crippen LogP contribution < -0.4 is 0 Å². The van der Waals surface area contributed by atoms with Gasteiger partial charge in [-0.05, 0) is 24.8 Å². The van der Waals surface area contributed by atoms with Gasteiger partial charge >= 0.3 is 0 Å². The van der Waals surface area contributed by atoms with Crippen molar-refractivity contribution in [3.05, 3.63) is 35.4 Å². The molecule has 0 unspecified atom stereocenters. The highest BCUT2D eigenvalue weighted by molar-refractivity contribution is 5.21. The third-order valence-electron chi connectivity index (χ3n) is 1.76. The molecule has 1 aromatic carbocycles. The lowest BCUT2D eigenvalue weighted by atomic mass is 10.0. The van der Waals surface area contributed by atoms with E-state index in [1.54, 1.807) is 0 Å². The van der Waals surface area contributed by atoms with Crippen LogP contribution in [0.2, 0.25) is 0 Å². The molecule has 0 radical (unpaired) electrons. The van der Waals surface area contributed by atoms with E-state index in [1.807, 2.05) is 0 Å². The summed E-state index contributed by atoms with van der Waals surface area (Å²) in [7, 11) is 0. The Bertz CT molecular complexity index is 244. The maximum absolute atomic E-state index is 6.50. The highest BCUT2D eigenvalue weighted by atomic mass is 14.2. The lowest BCUT2D eigenvalue weighted by Gasteiger charge is -2.04. The molecule has 0 fully saturated rings. The largest absolute Gasteiger partial charge is 0.202 e. The molecule has 1 heteroatoms. The molecule has 70 valence electrons. The van der Waals surface area contributed by atoms with E-state index in [-0.39, 0.29) is 0 Å². The zero-order valence-corrected chi connectivity index (χ0v) is 8.62. The quantitative estimate of drug-likeness (QED) is 0.676. The summed E-state index contributed by atoms with van der Waals surface area (Å²) in [4.78, 5) is 0. The van der Waals surface area contributed by atoms with Crippen LogP contribution >= 0.6 is 0 Å². The molecule has 0 aliphatic carbocycles. The average molecular weight is 175 g/mol. The molecular weight excluding hydrogens is 158 g/mol. The molecule has 0 atom stereocenters. The summed E-state index contributed by atoms with van der Waals surface area (Å²) in [5.74, 6) is 0.762. The van der Waals surface area contributed by atoms with Crippen LogP contribution in [0.25, 0.3) is 0 Å². The molecule has 0 spiro atoms. The van der Waals surface area contributed by atoms with Gasteiger partial charge in [0.25, 0.3) is 0 Å². The van der Waals surface area contributed by atoms with E-state index in [0.29, 0.717) is 0 Å². The fourth-order valence-corrected chi connectivity index (χ4v) is 1.20. The first-order valence-electron chi connectivity index (χ1n) is 4.50. The number of benzene rings is 1. The number of nitriles is 1. The third-order valence-corrected chi connectivity index (χ3v) is 1.76. The van der Waals surface area contributed by atoms with Crippen LogP contribution in [0.15, 0.2) is 24.3 Å². The maximum atomic E-state index is 6.50. The minimum absolute atomic E-state index is 0.762. The first-order valence-corrected chi connectivity index (χ1v) is 4.50. The second kappa shape index (κ2) is 6.25. The van der Waals surface area contributed by atoms with Crippen LogP contribution in [0, 0.1) is 24.7 Å². The Morgan fingerprint density at radius 1 is 1.15 bits per heavy atom. The summed E-state index contributed by atoms with van der Waals surface area (Å²) in [6.07, 6.45) is 1.19. The van der Waals surface area contributed by atoms with E-state index in [1.165, 1.54) is 17.5 Å². The van der Waals surface area contributed by atoms with Gasteiger partial charge in [0, 0.05) is 6.57 Å². The monoisotopic (exact) mass is 175 g/mol. The second-order valence-electron chi connectivity index (χ2n) is 3.58. The van der Waals surface area contributed by atoms with Gasteiger partial charge < -0.3 is 0 Å². The molecule has 1 aromatic rings. The molecule has 0 aliphatic rings. The second-order valence-corrected chi connectivity index (χ2v) is 3.58. The molecule has 1 nitrogen and oxygen atoms in total. The summed E-state index contributed by atoms with van der Waals surface area (Å²) >= 11 is 0. The lowest BCUT2D eigenvalue weighted by Crippen LogP contribution is -1.93. The predicted octanol–water partition coefficient (Wildman–Crippen LogP) is 3.33. The Hall–Kier alpha value is -1.29. The number of hydrogen-bond acceptors (Lipinski definition) is 1. The molecule has 0 heterocycles. The normalized spacial score (nSPS) is 9.08. The summed E-state index contributed by atoms with van der Waals surface area (Å²) in [6.45, 7) is 10.1. The van der Waals surface area contributed by atoms with Crippen LogP contribution in [0.5, 0.6) is 0 Å². The minimum atomic E-state index is 0.762. The van der Waals surface area contributed by atoms with Crippen molar-refractivity contribution >= 4 is 0 Å². The average Bonchev–Trinajstić information content (AvgIpc) is 2.12. The zero-order chi connectivity index (χ0) is 10.3. The van der Waals surface area contributed by atoms with Crippen molar-refractivity contribution in [1.29, 1.82) is 5.26 Å². The summed E-state index contributed by atoms with van der Waals surface area (Å²) in [5, 5.41) is 6.50. The molecular formula is C12H17N. The molecule has 0 bridgehead atoms. The Balaban J connectivity index is 0.000000671. The fraction of sp³-hybridized carbons (Fsp3) is 0.417. The number of rotatable bonds is 2. The van der Waals surface area contributed by atoms with Gasteiger partial charge in [0.1, 0.15) is 0 Å². The highest BCUT2D eigenvalue weighted by Crippen LogP contribution is 2.08. The van der Waals surface area contributed by atoms with Gasteiger partial charge in [0.2, 0.25) is 0 Å². The summed E-state index contributed by atoms with van der Waals surface area (Å²) in [6, 6.07) is 8.79. The molecule has 0 aliphatic heterocycles. The topological polar surface area (TPSA) is 23.8 Å². The van der Waals surface area contributed by atoms with Crippen molar-refractivity contribution in [3.63, 3.8) is 0 Å². The maximum Gasteiger partial charge on any atom is 0.0462 e. The van der Waals surface area contributed by atoms with Crippen LogP contribution in [0.3, 0.4) is 0 Å². The van der Waals surface area contributed by atoms with Crippen molar-refractivity contribution < 1.29 is 0 Å². The fourth-order valence-electron chi connectivity index (χ4n) is 1.20. The van der Waals surface area contributed by atoms with Gasteiger partial charge in [0.05, 0.1) is 0 Å². The molecule has 0 saturated heterocycles. The Morgan fingerprint density at radius 2 is 1.62 bits per heavy atom. The van der Waals surface area contributed by atoms with E-state index < -0.39 is 0 Å². The van der Waals surface area contributed by atoms with Crippen molar-refractivity contribution in [2.75, 3.05) is 0 Å². The smallest absolute Gasteiger partial charge is 0.0462 e. The van der Waals surface area contributed by atoms with E-state index >= 15 is 0 Å². The number of aryl methyl sites for hydroxylation is 1. The Labute approximate surface area is 81.0 Å². The van der Waals surface area contributed by atoms with Gasteiger partial charge in [-0.25, -0.2) is 5.26 Å². The molecule has 0 N–H and O–H groups in total.